The van der Waals surface area contributed by atoms with Crippen molar-refractivity contribution >= 4 is 40.8 Å². The molecule has 3 aliphatic rings. The number of hydrogen-bond acceptors (Lipinski definition) is 6. The number of fused-ring (bicyclic) bond motifs is 2. The predicted molar refractivity (Wildman–Crippen MR) is 179 cm³/mol. The molecule has 3 fully saturated rings. The van der Waals surface area contributed by atoms with Crippen LogP contribution in [0.15, 0.2) is 48.5 Å². The van der Waals surface area contributed by atoms with Crippen LogP contribution in [0.25, 0.3) is 22.4 Å². The van der Waals surface area contributed by atoms with E-state index in [9.17, 15) is 14.4 Å². The van der Waals surface area contributed by atoms with Crippen LogP contribution in [0.3, 0.4) is 0 Å². The van der Waals surface area contributed by atoms with E-state index in [4.69, 9.17) is 9.47 Å². The summed E-state index contributed by atoms with van der Waals surface area (Å²) in [5, 5.41) is 6.38. The fourth-order valence-corrected chi connectivity index (χ4v) is 9.14. The second kappa shape index (κ2) is 14.1. The van der Waals surface area contributed by atoms with Crippen LogP contribution in [0, 0.1) is 17.8 Å². The molecule has 46 heavy (non-hydrogen) atoms. The number of nitrogens with one attached hydrogen (secondary N) is 2. The van der Waals surface area contributed by atoms with Gasteiger partial charge in [0.25, 0.3) is 5.82 Å². The molecule has 1 aliphatic carbocycles. The van der Waals surface area contributed by atoms with Crippen LogP contribution in [0.4, 0.5) is 4.79 Å². The summed E-state index contributed by atoms with van der Waals surface area (Å²) in [4.78, 5) is 37.7. The summed E-state index contributed by atoms with van der Waals surface area (Å²) in [6, 6.07) is 15.9. The Morgan fingerprint density at radius 1 is 1.04 bits per heavy atom. The molecule has 2 amide bonds. The van der Waals surface area contributed by atoms with Gasteiger partial charge in [-0.25, -0.2) is 18.7 Å². The number of carbonyl (C=O) groups is 3. The first kappa shape index (κ1) is 32.4. The summed E-state index contributed by atoms with van der Waals surface area (Å²) < 4.78 is 16.0. The van der Waals surface area contributed by atoms with Crippen molar-refractivity contribution in [2.75, 3.05) is 5.75 Å². The number of benzene rings is 2. The van der Waals surface area contributed by atoms with Gasteiger partial charge < -0.3 is 20.1 Å². The smallest absolute Gasteiger partial charge is 0.348 e. The molecule has 6 atom stereocenters. The third kappa shape index (κ3) is 7.06. The highest BCUT2D eigenvalue weighted by atomic mass is 32.2. The van der Waals surface area contributed by atoms with Gasteiger partial charge in [-0.3, -0.25) is 4.79 Å². The van der Waals surface area contributed by atoms with Gasteiger partial charge in [-0.1, -0.05) is 45.7 Å². The second-order valence-corrected chi connectivity index (χ2v) is 15.0. The van der Waals surface area contributed by atoms with E-state index in [1.807, 2.05) is 65.8 Å². The molecular formula is C36H47N4O5S+. The van der Waals surface area contributed by atoms with Crippen molar-refractivity contribution < 1.29 is 28.4 Å². The van der Waals surface area contributed by atoms with Gasteiger partial charge in [-0.15, -0.1) is 0 Å². The van der Waals surface area contributed by atoms with Gasteiger partial charge in [0, 0.05) is 17.4 Å². The van der Waals surface area contributed by atoms with Crippen molar-refractivity contribution in [2.45, 2.75) is 95.7 Å². The first-order valence-electron chi connectivity index (χ1n) is 16.8. The van der Waals surface area contributed by atoms with Gasteiger partial charge in [0.05, 0.1) is 24.7 Å². The Hall–Kier alpha value is -3.53. The van der Waals surface area contributed by atoms with E-state index in [0.717, 1.165) is 60.3 Å². The zero-order valence-corrected chi connectivity index (χ0v) is 28.2. The number of imidazole rings is 1. The lowest BCUT2D eigenvalue weighted by atomic mass is 9.75. The van der Waals surface area contributed by atoms with E-state index in [0.29, 0.717) is 35.2 Å². The maximum Gasteiger partial charge on any atom is 0.348 e. The minimum atomic E-state index is -0.250. The molecule has 1 aromatic heterocycles. The molecule has 3 heterocycles. The number of nitrogens with zero attached hydrogens (tertiary/aromatic N) is 2. The van der Waals surface area contributed by atoms with Crippen molar-refractivity contribution in [3.63, 3.8) is 0 Å². The van der Waals surface area contributed by atoms with Gasteiger partial charge in [0.1, 0.15) is 11.9 Å². The molecule has 2 aliphatic heterocycles. The van der Waals surface area contributed by atoms with E-state index in [1.165, 1.54) is 6.42 Å². The Labute approximate surface area is 275 Å². The van der Waals surface area contributed by atoms with Crippen LogP contribution in [0.2, 0.25) is 0 Å². The molecule has 0 bridgehead atoms. The number of unbranched alkanes of at least 4 members (excludes halogenated alkanes) is 1. The van der Waals surface area contributed by atoms with E-state index in [1.54, 1.807) is 0 Å². The predicted octanol–water partition coefficient (Wildman–Crippen LogP) is 5.77. The normalized spacial score (nSPS) is 25.7. The Morgan fingerprint density at radius 3 is 2.61 bits per heavy atom. The summed E-state index contributed by atoms with van der Waals surface area (Å²) in [6.07, 6.45) is 6.12. The van der Waals surface area contributed by atoms with Crippen LogP contribution in [-0.4, -0.2) is 51.7 Å². The zero-order valence-electron chi connectivity index (χ0n) is 27.4. The zero-order chi connectivity index (χ0) is 32.4. The van der Waals surface area contributed by atoms with Crippen molar-refractivity contribution in [3.05, 3.63) is 48.5 Å². The summed E-state index contributed by atoms with van der Waals surface area (Å²) >= 11 is 1.89. The lowest BCUT2D eigenvalue weighted by Crippen LogP contribution is -2.37. The number of esters is 2. The molecule has 2 saturated heterocycles. The molecule has 1 saturated carbocycles. The van der Waals surface area contributed by atoms with Crippen molar-refractivity contribution in [1.29, 1.82) is 0 Å². The minimum absolute atomic E-state index is 0.0505. The maximum absolute atomic E-state index is 13.5. The van der Waals surface area contributed by atoms with E-state index < -0.39 is 0 Å². The summed E-state index contributed by atoms with van der Waals surface area (Å²) in [7, 11) is 2.01. The largest absolute Gasteiger partial charge is 0.459 e. The van der Waals surface area contributed by atoms with Gasteiger partial charge >= 0.3 is 18.0 Å². The highest BCUT2D eigenvalue weighted by molar-refractivity contribution is 8.00. The number of hydrogen-bond donors (Lipinski definition) is 2. The Kier molecular flexibility index (Phi) is 9.92. The highest BCUT2D eigenvalue weighted by Gasteiger charge is 2.42. The van der Waals surface area contributed by atoms with Gasteiger partial charge in [0.15, 0.2) is 17.6 Å². The van der Waals surface area contributed by atoms with Gasteiger partial charge in [-0.2, -0.15) is 11.8 Å². The van der Waals surface area contributed by atoms with E-state index in [2.05, 4.69) is 42.0 Å². The summed E-state index contributed by atoms with van der Waals surface area (Å²) in [5.74, 6) is 3.27. The first-order chi connectivity index (χ1) is 22.2. The average Bonchev–Trinajstić information content (AvgIpc) is 3.66. The number of urea groups is 1. The van der Waals surface area contributed by atoms with Crippen LogP contribution in [0.1, 0.15) is 65.7 Å². The number of aromatic nitrogens is 2. The second-order valence-electron chi connectivity index (χ2n) is 13.7. The molecule has 3 aromatic rings. The molecule has 246 valence electrons. The first-order valence-corrected chi connectivity index (χ1v) is 17.9. The van der Waals surface area contributed by atoms with Crippen LogP contribution < -0.4 is 19.9 Å². The van der Waals surface area contributed by atoms with Crippen molar-refractivity contribution in [3.8, 4) is 17.1 Å². The topological polar surface area (TPSA) is 103 Å². The van der Waals surface area contributed by atoms with Crippen molar-refractivity contribution in [2.24, 2.45) is 24.8 Å². The molecule has 10 heteroatoms. The van der Waals surface area contributed by atoms with Crippen LogP contribution in [0.5, 0.6) is 5.75 Å². The number of carbonyl (C=O) groups excluding carboxylic acids is 3. The third-order valence-electron chi connectivity index (χ3n) is 10.0. The summed E-state index contributed by atoms with van der Waals surface area (Å²) in [5.41, 5.74) is 2.90. The lowest BCUT2D eigenvalue weighted by Gasteiger charge is -2.36. The molecule has 6 rings (SSSR count). The molecule has 0 radical (unpaired) electrons. The Balaban J connectivity index is 1.08. The average molecular weight is 648 g/mol. The van der Waals surface area contributed by atoms with Gasteiger partial charge in [-0.05, 0) is 79.8 Å². The highest BCUT2D eigenvalue weighted by Crippen LogP contribution is 2.36. The van der Waals surface area contributed by atoms with Gasteiger partial charge in [0.2, 0.25) is 0 Å². The van der Waals surface area contributed by atoms with E-state index >= 15 is 0 Å². The number of para-hydroxylation sites is 2. The maximum atomic E-state index is 13.5. The quantitative estimate of drug-likeness (QED) is 0.0902. The Bertz CT molecular complexity index is 1570. The molecule has 2 aromatic carbocycles. The summed E-state index contributed by atoms with van der Waals surface area (Å²) in [6.45, 7) is 6.81. The minimum Gasteiger partial charge on any atom is -0.459 e. The standard InChI is InChI=1S/C36H46N4O5S/c1-22(2)26-18-13-23(3)19-30(26)45-33(42)20-40-29-10-6-5-9-28(29)39(4)35(40)24-14-16-25(17-15-24)44-32(41)12-8-7-11-31-34-27(21-46-31)37-36(43)38-34/h5-6,9-10,14-17,22-23,26-27,30-31,34H,7-8,11-13,18-21H2,1-4H3,(H-,37,38,43)/p+1/t23-,26+,27+,30?,31?,34+/m1/s1. The number of aryl methyl sites for hydroxylation is 1. The van der Waals surface area contributed by atoms with Crippen LogP contribution >= 0.6 is 11.8 Å². The van der Waals surface area contributed by atoms with Crippen LogP contribution in [-0.2, 0) is 27.9 Å². The molecule has 2 unspecified atom stereocenters. The Morgan fingerprint density at radius 2 is 1.83 bits per heavy atom. The third-order valence-corrected chi connectivity index (χ3v) is 11.5. The molecule has 0 spiro atoms. The fraction of sp³-hybridized carbons (Fsp3) is 0.556. The molecule has 2 N–H and O–H groups in total. The number of ether oxygens (including phenoxy) is 2. The fourth-order valence-electron chi connectivity index (χ4n) is 7.59. The number of thioether (sulfide) groups is 1. The molecule has 9 nitrogen and oxygen atoms in total. The monoisotopic (exact) mass is 647 g/mol. The number of amides is 2. The lowest BCUT2D eigenvalue weighted by molar-refractivity contribution is -0.634. The SMILES string of the molecule is CC(C)[C@@H]1CC[C@@H](C)CC1OC(=O)Cn1c(-c2ccc(OC(=O)CCCCC3SC[C@@H]4NC(=O)N[C@H]34)cc2)[n+](C)c2ccccc21. The molecular weight excluding hydrogens is 600 g/mol. The van der Waals surface area contributed by atoms with E-state index in [-0.39, 0.29) is 42.7 Å². The van der Waals surface area contributed by atoms with Crippen molar-refractivity contribution in [1.82, 2.24) is 15.2 Å². The number of rotatable bonds is 11.